The van der Waals surface area contributed by atoms with Crippen molar-refractivity contribution in [1.82, 2.24) is 0 Å². The monoisotopic (exact) mass is 779 g/mol. The lowest BCUT2D eigenvalue weighted by molar-refractivity contribution is -0.145. The van der Waals surface area contributed by atoms with E-state index in [-0.39, 0.29) is 24.1 Å². The fraction of sp³-hybridized carbons (Fsp3) is 0.952. The van der Waals surface area contributed by atoms with Gasteiger partial charge in [0.25, 0.3) is 0 Å². The first kappa shape index (κ1) is 50.3. The number of hydrogen-bond acceptors (Lipinski definition) is 8. The molecule has 0 aromatic carbocycles. The van der Waals surface area contributed by atoms with Gasteiger partial charge in [-0.1, -0.05) is 202 Å². The predicted molar refractivity (Wildman–Crippen MR) is 231 cm³/mol. The van der Waals surface area contributed by atoms with Crippen molar-refractivity contribution in [3.8, 4) is 0 Å². The van der Waals surface area contributed by atoms with Gasteiger partial charge in [-0.25, -0.2) is 0 Å². The second-order valence-corrected chi connectivity index (χ2v) is 19.2. The normalized spacial score (nSPS) is 12.6. The largest absolute Gasteiger partial charge is 0.461 e. The summed E-state index contributed by atoms with van der Waals surface area (Å²) in [4.78, 5) is 23.4. The van der Waals surface area contributed by atoms with Crippen molar-refractivity contribution in [2.45, 2.75) is 220 Å². The molecule has 4 nitrogen and oxygen atoms in total. The maximum atomic E-state index is 11.7. The summed E-state index contributed by atoms with van der Waals surface area (Å²) >= 11 is 3.83. The van der Waals surface area contributed by atoms with E-state index in [1.54, 1.807) is 21.6 Å². The number of unbranched alkanes of at least 4 members (excludes halogenated alkanes) is 26. The van der Waals surface area contributed by atoms with Crippen LogP contribution < -0.4 is 0 Å². The molecule has 0 fully saturated rings. The van der Waals surface area contributed by atoms with Crippen molar-refractivity contribution in [2.75, 3.05) is 34.5 Å². The Labute approximate surface area is 328 Å². The first-order valence-electron chi connectivity index (χ1n) is 21.2. The van der Waals surface area contributed by atoms with Gasteiger partial charge in [-0.2, -0.15) is 23.5 Å². The Morgan fingerprint density at radius 3 is 0.860 bits per heavy atom. The number of esters is 2. The van der Waals surface area contributed by atoms with E-state index in [9.17, 15) is 9.59 Å². The maximum Gasteiger partial charge on any atom is 0.302 e. The van der Waals surface area contributed by atoms with Gasteiger partial charge < -0.3 is 9.47 Å². The van der Waals surface area contributed by atoms with E-state index >= 15 is 0 Å². The van der Waals surface area contributed by atoms with Gasteiger partial charge in [0.1, 0.15) is 12.2 Å². The summed E-state index contributed by atoms with van der Waals surface area (Å²) in [5, 5.41) is 0. The van der Waals surface area contributed by atoms with Crippen LogP contribution in [0.5, 0.6) is 0 Å². The van der Waals surface area contributed by atoms with Crippen LogP contribution in [0.4, 0.5) is 0 Å². The lowest BCUT2D eigenvalue weighted by Gasteiger charge is -2.18. The molecule has 0 rings (SSSR count). The zero-order valence-electron chi connectivity index (χ0n) is 33.5. The van der Waals surface area contributed by atoms with Crippen molar-refractivity contribution in [1.29, 1.82) is 0 Å². The average molecular weight is 779 g/mol. The van der Waals surface area contributed by atoms with Crippen LogP contribution in [-0.2, 0) is 19.1 Å². The van der Waals surface area contributed by atoms with E-state index in [4.69, 9.17) is 9.47 Å². The van der Waals surface area contributed by atoms with E-state index in [2.05, 4.69) is 13.8 Å². The van der Waals surface area contributed by atoms with Gasteiger partial charge in [0.05, 0.1) is 0 Å². The van der Waals surface area contributed by atoms with Crippen LogP contribution in [0.15, 0.2) is 0 Å². The van der Waals surface area contributed by atoms with Gasteiger partial charge >= 0.3 is 11.9 Å². The highest BCUT2D eigenvalue weighted by Gasteiger charge is 2.16. The second kappa shape index (κ2) is 42.1. The van der Waals surface area contributed by atoms with Gasteiger partial charge in [-0.3, -0.25) is 9.59 Å². The van der Waals surface area contributed by atoms with Gasteiger partial charge in [0, 0.05) is 36.9 Å². The van der Waals surface area contributed by atoms with Crippen molar-refractivity contribution in [3.05, 3.63) is 0 Å². The third kappa shape index (κ3) is 41.1. The molecule has 0 aliphatic carbocycles. The zero-order valence-corrected chi connectivity index (χ0v) is 36.7. The number of ether oxygens (including phenoxy) is 2. The Morgan fingerprint density at radius 2 is 0.620 bits per heavy atom. The zero-order chi connectivity index (χ0) is 36.6. The molecule has 0 N–H and O–H groups in total. The molecule has 0 spiro atoms. The third-order valence-electron chi connectivity index (χ3n) is 9.15. The highest BCUT2D eigenvalue weighted by molar-refractivity contribution is 8.76. The quantitative estimate of drug-likeness (QED) is 0.0345. The molecule has 50 heavy (non-hydrogen) atoms. The van der Waals surface area contributed by atoms with E-state index in [1.807, 2.05) is 23.5 Å². The number of thioether (sulfide) groups is 2. The van der Waals surface area contributed by atoms with Gasteiger partial charge in [-0.15, -0.1) is 0 Å². The summed E-state index contributed by atoms with van der Waals surface area (Å²) in [6.45, 7) is 7.59. The molecule has 0 saturated heterocycles. The molecule has 2 atom stereocenters. The van der Waals surface area contributed by atoms with E-state index in [0.29, 0.717) is 0 Å². The van der Waals surface area contributed by atoms with Crippen molar-refractivity contribution >= 4 is 57.1 Å². The number of hydrogen-bond donors (Lipinski definition) is 0. The molecule has 0 heterocycles. The van der Waals surface area contributed by atoms with Gasteiger partial charge in [0.2, 0.25) is 0 Å². The summed E-state index contributed by atoms with van der Waals surface area (Å²) in [7, 11) is 3.47. The molecular formula is C42H82O4S4. The minimum atomic E-state index is -0.199. The fourth-order valence-corrected chi connectivity index (χ4v) is 10.9. The Kier molecular flexibility index (Phi) is 42.4. The standard InChI is InChI=1S/C42H82O4S4/c1-5-7-9-11-13-15-17-19-21-23-25-27-29-31-33-47-35-41(45-39(3)43)37-49-50-38-42(46-40(4)44)36-48-34-32-30-28-26-24-22-20-18-16-14-12-10-8-6-2/h41-42H,5-38H2,1-4H3. The van der Waals surface area contributed by atoms with Crippen LogP contribution in [-0.4, -0.2) is 58.7 Å². The highest BCUT2D eigenvalue weighted by Crippen LogP contribution is 2.27. The van der Waals surface area contributed by atoms with E-state index in [1.165, 1.54) is 194 Å². The number of carbonyl (C=O) groups is 2. The summed E-state index contributed by atoms with van der Waals surface area (Å²) in [5.41, 5.74) is 0. The smallest absolute Gasteiger partial charge is 0.302 e. The molecule has 0 aliphatic rings. The highest BCUT2D eigenvalue weighted by atomic mass is 33.1. The molecule has 0 aromatic heterocycles. The van der Waals surface area contributed by atoms with E-state index in [0.717, 1.165) is 34.5 Å². The Balaban J connectivity index is 3.84. The van der Waals surface area contributed by atoms with Gasteiger partial charge in [0.15, 0.2) is 0 Å². The third-order valence-corrected chi connectivity index (χ3v) is 14.0. The average Bonchev–Trinajstić information content (AvgIpc) is 3.08. The summed E-state index contributed by atoms with van der Waals surface area (Å²) in [6.07, 6.45) is 38.6. The van der Waals surface area contributed by atoms with Crippen LogP contribution in [0, 0.1) is 0 Å². The van der Waals surface area contributed by atoms with Crippen LogP contribution >= 0.6 is 45.1 Å². The molecule has 0 aliphatic heterocycles. The molecule has 0 radical (unpaired) electrons. The van der Waals surface area contributed by atoms with Crippen molar-refractivity contribution in [3.63, 3.8) is 0 Å². The van der Waals surface area contributed by atoms with Crippen LogP contribution in [0.1, 0.15) is 207 Å². The minimum absolute atomic E-state index is 0.0662. The molecule has 2 unspecified atom stereocenters. The second-order valence-electron chi connectivity index (χ2n) is 14.4. The minimum Gasteiger partial charge on any atom is -0.461 e. The van der Waals surface area contributed by atoms with Crippen molar-refractivity contribution in [2.24, 2.45) is 0 Å². The van der Waals surface area contributed by atoms with Crippen LogP contribution in [0.3, 0.4) is 0 Å². The molecule has 0 amide bonds. The SMILES string of the molecule is CCCCCCCCCCCCCCCCSCC(CSSCC(CSCCCCCCCCCCCCCCCC)OC(C)=O)OC(C)=O. The fourth-order valence-electron chi connectivity index (χ4n) is 6.18. The molecule has 0 aromatic rings. The summed E-state index contributed by atoms with van der Waals surface area (Å²) in [6, 6.07) is 0. The molecule has 298 valence electrons. The summed E-state index contributed by atoms with van der Waals surface area (Å²) < 4.78 is 11.3. The predicted octanol–water partition coefficient (Wildman–Crippen LogP) is 14.7. The first-order chi connectivity index (χ1) is 24.5. The Hall–Kier alpha value is 0.340. The van der Waals surface area contributed by atoms with Crippen LogP contribution in [0.25, 0.3) is 0 Å². The van der Waals surface area contributed by atoms with E-state index < -0.39 is 0 Å². The van der Waals surface area contributed by atoms with Crippen molar-refractivity contribution < 1.29 is 19.1 Å². The lowest BCUT2D eigenvalue weighted by Crippen LogP contribution is -2.23. The van der Waals surface area contributed by atoms with Crippen LogP contribution in [0.2, 0.25) is 0 Å². The molecule has 8 heteroatoms. The first-order valence-corrected chi connectivity index (χ1v) is 26.0. The number of carbonyl (C=O) groups excluding carboxylic acids is 2. The summed E-state index contributed by atoms with van der Waals surface area (Å²) in [5.74, 6) is 5.13. The van der Waals surface area contributed by atoms with Gasteiger partial charge in [-0.05, 0) is 24.3 Å². The number of rotatable bonds is 41. The molecule has 0 bridgehead atoms. The molecule has 0 saturated carbocycles. The topological polar surface area (TPSA) is 52.6 Å². The Bertz CT molecular complexity index is 653. The Morgan fingerprint density at radius 1 is 0.380 bits per heavy atom. The maximum absolute atomic E-state index is 11.7. The molecular weight excluding hydrogens is 697 g/mol. The lowest BCUT2D eigenvalue weighted by atomic mass is 10.0.